The minimum absolute atomic E-state index is 0.640. The molecule has 0 bridgehead atoms. The second kappa shape index (κ2) is 6.22. The lowest BCUT2D eigenvalue weighted by molar-refractivity contribution is -0.104. The van der Waals surface area contributed by atoms with Gasteiger partial charge in [0.25, 0.3) is 0 Å². The molecule has 66 valence electrons. The average molecular weight is 167 g/mol. The predicted octanol–water partition coefficient (Wildman–Crippen LogP) is 1.35. The van der Waals surface area contributed by atoms with Crippen molar-refractivity contribution in [3.8, 4) is 0 Å². The molecular weight excluding hydrogens is 154 g/mol. The van der Waals surface area contributed by atoms with E-state index in [2.05, 4.69) is 11.9 Å². The highest BCUT2D eigenvalue weighted by atomic mass is 16.5. The zero-order valence-corrected chi connectivity index (χ0v) is 7.33. The Morgan fingerprint density at radius 1 is 1.58 bits per heavy atom. The van der Waals surface area contributed by atoms with Crippen molar-refractivity contribution in [3.63, 3.8) is 0 Å². The summed E-state index contributed by atoms with van der Waals surface area (Å²) in [5.41, 5.74) is 0.640. The number of hydrogen-bond acceptors (Lipinski definition) is 3. The molecule has 0 aromatic rings. The van der Waals surface area contributed by atoms with Crippen molar-refractivity contribution in [2.75, 3.05) is 7.11 Å². The van der Waals surface area contributed by atoms with Gasteiger partial charge in [-0.3, -0.25) is 4.79 Å². The third kappa shape index (κ3) is 4.33. The molecule has 12 heavy (non-hydrogen) atoms. The molecule has 3 heteroatoms. The van der Waals surface area contributed by atoms with Gasteiger partial charge < -0.3 is 10.1 Å². The Labute approximate surface area is 72.4 Å². The van der Waals surface area contributed by atoms with E-state index in [1.165, 1.54) is 6.08 Å². The lowest BCUT2D eigenvalue weighted by Gasteiger charge is -2.01. The van der Waals surface area contributed by atoms with Crippen molar-refractivity contribution < 1.29 is 9.53 Å². The number of nitrogens with one attached hydrogen (secondary N) is 1. The van der Waals surface area contributed by atoms with Gasteiger partial charge in [0.1, 0.15) is 12.0 Å². The fourth-order valence-electron chi connectivity index (χ4n) is 0.492. The summed E-state index contributed by atoms with van der Waals surface area (Å²) in [4.78, 5) is 10.1. The Kier molecular flexibility index (Phi) is 5.43. The Hall–Kier alpha value is -1.51. The van der Waals surface area contributed by atoms with Gasteiger partial charge in [0.2, 0.25) is 0 Å². The van der Waals surface area contributed by atoms with Gasteiger partial charge >= 0.3 is 0 Å². The summed E-state index contributed by atoms with van der Waals surface area (Å²) >= 11 is 0. The van der Waals surface area contributed by atoms with E-state index in [1.807, 2.05) is 0 Å². The SMILES string of the molecule is C=C/C(=C/C=O)N/C=C(\C)OC. The monoisotopic (exact) mass is 167 g/mol. The molecule has 0 amide bonds. The zero-order chi connectivity index (χ0) is 9.40. The molecule has 3 nitrogen and oxygen atoms in total. The topological polar surface area (TPSA) is 38.3 Å². The molecule has 0 spiro atoms. The fraction of sp³-hybridized carbons (Fsp3) is 0.222. The smallest absolute Gasteiger partial charge is 0.144 e. The quantitative estimate of drug-likeness (QED) is 0.291. The van der Waals surface area contributed by atoms with Crippen molar-refractivity contribution in [3.05, 3.63) is 36.4 Å². The Balaban J connectivity index is 4.13. The Morgan fingerprint density at radius 3 is 2.67 bits per heavy atom. The van der Waals surface area contributed by atoms with E-state index in [4.69, 9.17) is 4.74 Å². The molecule has 0 aromatic carbocycles. The van der Waals surface area contributed by atoms with Crippen LogP contribution in [0.15, 0.2) is 36.4 Å². The van der Waals surface area contributed by atoms with Crippen LogP contribution in [0.5, 0.6) is 0 Å². The van der Waals surface area contributed by atoms with Gasteiger partial charge in [0.15, 0.2) is 0 Å². The number of hydrogen-bond donors (Lipinski definition) is 1. The molecule has 0 aliphatic rings. The molecule has 0 rings (SSSR count). The summed E-state index contributed by atoms with van der Waals surface area (Å²) in [6.07, 6.45) is 5.28. The molecule has 1 N–H and O–H groups in total. The van der Waals surface area contributed by atoms with E-state index in [9.17, 15) is 4.79 Å². The standard InChI is InChI=1S/C9H13NO2/c1-4-9(5-6-11)10-7-8(2)12-3/h4-7,10H,1H2,2-3H3/b8-7+,9-5-. The summed E-state index contributed by atoms with van der Waals surface area (Å²) in [5, 5.41) is 2.85. The van der Waals surface area contributed by atoms with Crippen LogP contribution in [0.4, 0.5) is 0 Å². The predicted molar refractivity (Wildman–Crippen MR) is 48.2 cm³/mol. The third-order valence-corrected chi connectivity index (χ3v) is 1.23. The third-order valence-electron chi connectivity index (χ3n) is 1.23. The highest BCUT2D eigenvalue weighted by Crippen LogP contribution is 1.93. The van der Waals surface area contributed by atoms with Crippen LogP contribution in [-0.4, -0.2) is 13.4 Å². The molecule has 0 aliphatic heterocycles. The van der Waals surface area contributed by atoms with E-state index in [0.29, 0.717) is 12.0 Å². The van der Waals surface area contributed by atoms with Crippen LogP contribution in [0.3, 0.4) is 0 Å². The number of carbonyl (C=O) groups excluding carboxylic acids is 1. The summed E-state index contributed by atoms with van der Waals surface area (Å²) in [5.74, 6) is 0.730. The second-order valence-electron chi connectivity index (χ2n) is 2.07. The van der Waals surface area contributed by atoms with Crippen LogP contribution < -0.4 is 5.32 Å². The van der Waals surface area contributed by atoms with Gasteiger partial charge in [-0.2, -0.15) is 0 Å². The van der Waals surface area contributed by atoms with Gasteiger partial charge in [-0.15, -0.1) is 0 Å². The molecule has 0 saturated heterocycles. The maximum atomic E-state index is 10.1. The Morgan fingerprint density at radius 2 is 2.25 bits per heavy atom. The van der Waals surface area contributed by atoms with Gasteiger partial charge in [-0.1, -0.05) is 6.58 Å². The van der Waals surface area contributed by atoms with E-state index in [-0.39, 0.29) is 0 Å². The van der Waals surface area contributed by atoms with Crippen molar-refractivity contribution in [2.24, 2.45) is 0 Å². The highest BCUT2D eigenvalue weighted by molar-refractivity contribution is 5.66. The van der Waals surface area contributed by atoms with Crippen LogP contribution in [0.2, 0.25) is 0 Å². The summed E-state index contributed by atoms with van der Waals surface area (Å²) in [6, 6.07) is 0. The van der Waals surface area contributed by atoms with Gasteiger partial charge in [0.05, 0.1) is 7.11 Å². The molecule has 0 atom stereocenters. The van der Waals surface area contributed by atoms with Gasteiger partial charge in [-0.25, -0.2) is 0 Å². The number of rotatable bonds is 5. The van der Waals surface area contributed by atoms with Gasteiger partial charge in [-0.05, 0) is 13.0 Å². The number of carbonyl (C=O) groups is 1. The lowest BCUT2D eigenvalue weighted by atomic mass is 10.4. The molecule has 0 aromatic heterocycles. The number of aldehydes is 1. The number of allylic oxidation sites excluding steroid dienone is 3. The van der Waals surface area contributed by atoms with Crippen LogP contribution in [0.1, 0.15) is 6.92 Å². The first-order chi connectivity index (χ1) is 5.74. The van der Waals surface area contributed by atoms with E-state index >= 15 is 0 Å². The highest BCUT2D eigenvalue weighted by Gasteiger charge is 1.86. The molecule has 0 heterocycles. The van der Waals surface area contributed by atoms with Crippen LogP contribution in [0, 0.1) is 0 Å². The molecule has 0 unspecified atom stereocenters. The Bertz CT molecular complexity index is 217. The lowest BCUT2D eigenvalue weighted by Crippen LogP contribution is -2.03. The summed E-state index contributed by atoms with van der Waals surface area (Å²) in [7, 11) is 1.57. The second-order valence-corrected chi connectivity index (χ2v) is 2.07. The first-order valence-corrected chi connectivity index (χ1v) is 3.49. The zero-order valence-electron chi connectivity index (χ0n) is 7.33. The largest absolute Gasteiger partial charge is 0.500 e. The average Bonchev–Trinajstić information content (AvgIpc) is 2.11. The molecular formula is C9H13NO2. The van der Waals surface area contributed by atoms with E-state index in [0.717, 1.165) is 5.76 Å². The maximum Gasteiger partial charge on any atom is 0.144 e. The molecule has 0 saturated carbocycles. The van der Waals surface area contributed by atoms with Crippen molar-refractivity contribution in [2.45, 2.75) is 6.92 Å². The molecule has 0 aliphatic carbocycles. The molecule has 0 fully saturated rings. The number of methoxy groups -OCH3 is 1. The van der Waals surface area contributed by atoms with Gasteiger partial charge in [0, 0.05) is 18.0 Å². The van der Waals surface area contributed by atoms with Crippen molar-refractivity contribution in [1.29, 1.82) is 0 Å². The minimum Gasteiger partial charge on any atom is -0.500 e. The van der Waals surface area contributed by atoms with Crippen molar-refractivity contribution >= 4 is 6.29 Å². The first-order valence-electron chi connectivity index (χ1n) is 3.49. The van der Waals surface area contributed by atoms with Crippen LogP contribution in [0.25, 0.3) is 0 Å². The summed E-state index contributed by atoms with van der Waals surface area (Å²) in [6.45, 7) is 5.32. The van der Waals surface area contributed by atoms with E-state index in [1.54, 1.807) is 26.3 Å². The number of ether oxygens (including phenoxy) is 1. The van der Waals surface area contributed by atoms with Crippen LogP contribution in [-0.2, 0) is 9.53 Å². The molecule has 0 radical (unpaired) electrons. The summed E-state index contributed by atoms with van der Waals surface area (Å²) < 4.78 is 4.87. The first kappa shape index (κ1) is 10.5. The van der Waals surface area contributed by atoms with Crippen molar-refractivity contribution in [1.82, 2.24) is 5.32 Å². The fourth-order valence-corrected chi connectivity index (χ4v) is 0.492. The van der Waals surface area contributed by atoms with E-state index < -0.39 is 0 Å². The maximum absolute atomic E-state index is 10.1. The minimum atomic E-state index is 0.640. The van der Waals surface area contributed by atoms with Crippen LogP contribution >= 0.6 is 0 Å². The normalized spacial score (nSPS) is 12.2.